The Labute approximate surface area is 106 Å². The molecule has 2 amide bonds. The number of amides is 2. The molecule has 5 heteroatoms. The lowest BCUT2D eigenvalue weighted by Crippen LogP contribution is -2.39. The maximum Gasteiger partial charge on any atom is 0.251 e. The summed E-state index contributed by atoms with van der Waals surface area (Å²) >= 11 is 0. The fraction of sp³-hybridized carbons (Fsp3) is 0.385. The van der Waals surface area contributed by atoms with Crippen molar-refractivity contribution in [2.24, 2.45) is 0 Å². The van der Waals surface area contributed by atoms with Gasteiger partial charge in [-0.05, 0) is 32.0 Å². The number of phenolic OH excluding ortho intramolecular Hbond substituents is 1. The molecule has 0 radical (unpaired) electrons. The quantitative estimate of drug-likeness (QED) is 0.818. The number of rotatable bonds is 5. The molecular weight excluding hydrogens is 232 g/mol. The second-order valence-corrected chi connectivity index (χ2v) is 3.80. The van der Waals surface area contributed by atoms with Gasteiger partial charge in [0.1, 0.15) is 5.75 Å². The van der Waals surface area contributed by atoms with Crippen molar-refractivity contribution < 1.29 is 14.7 Å². The lowest BCUT2D eigenvalue weighted by atomic mass is 10.2. The van der Waals surface area contributed by atoms with Gasteiger partial charge in [0.05, 0.1) is 6.54 Å². The van der Waals surface area contributed by atoms with Crippen LogP contribution in [0.2, 0.25) is 0 Å². The summed E-state index contributed by atoms with van der Waals surface area (Å²) in [6.07, 6.45) is 0. The molecule has 0 heterocycles. The number of carbonyl (C=O) groups is 2. The first kappa shape index (κ1) is 14.0. The molecule has 0 aliphatic rings. The van der Waals surface area contributed by atoms with Crippen LogP contribution in [-0.4, -0.2) is 41.5 Å². The number of hydrogen-bond acceptors (Lipinski definition) is 3. The predicted molar refractivity (Wildman–Crippen MR) is 68.4 cm³/mol. The van der Waals surface area contributed by atoms with E-state index in [0.29, 0.717) is 18.7 Å². The highest BCUT2D eigenvalue weighted by molar-refractivity contribution is 5.96. The molecule has 0 fully saturated rings. The molecule has 0 saturated heterocycles. The summed E-state index contributed by atoms with van der Waals surface area (Å²) in [6, 6.07) is 6.00. The summed E-state index contributed by atoms with van der Waals surface area (Å²) in [6.45, 7) is 4.99. The zero-order chi connectivity index (χ0) is 13.5. The lowest BCUT2D eigenvalue weighted by molar-refractivity contribution is -0.129. The van der Waals surface area contributed by atoms with Crippen molar-refractivity contribution in [2.75, 3.05) is 19.6 Å². The van der Waals surface area contributed by atoms with Gasteiger partial charge >= 0.3 is 0 Å². The van der Waals surface area contributed by atoms with Gasteiger partial charge in [-0.3, -0.25) is 9.59 Å². The molecule has 0 aromatic heterocycles. The molecule has 0 aliphatic heterocycles. The van der Waals surface area contributed by atoms with Crippen LogP contribution in [0.25, 0.3) is 0 Å². The summed E-state index contributed by atoms with van der Waals surface area (Å²) < 4.78 is 0. The van der Waals surface area contributed by atoms with Gasteiger partial charge in [-0.15, -0.1) is 0 Å². The SMILES string of the molecule is CCN(CC)C(=O)CNC(=O)c1cccc(O)c1. The maximum absolute atomic E-state index is 11.7. The largest absolute Gasteiger partial charge is 0.508 e. The zero-order valence-corrected chi connectivity index (χ0v) is 10.6. The first-order chi connectivity index (χ1) is 8.58. The molecule has 1 aromatic rings. The van der Waals surface area contributed by atoms with Gasteiger partial charge in [-0.2, -0.15) is 0 Å². The van der Waals surface area contributed by atoms with E-state index < -0.39 is 0 Å². The molecule has 0 saturated carbocycles. The Morgan fingerprint density at radius 2 is 1.94 bits per heavy atom. The number of phenols is 1. The average molecular weight is 250 g/mol. The number of nitrogens with zero attached hydrogens (tertiary/aromatic N) is 1. The molecule has 0 aliphatic carbocycles. The van der Waals surface area contributed by atoms with Crippen LogP contribution < -0.4 is 5.32 Å². The maximum atomic E-state index is 11.7. The van der Waals surface area contributed by atoms with E-state index >= 15 is 0 Å². The topological polar surface area (TPSA) is 69.6 Å². The number of hydrogen-bond donors (Lipinski definition) is 2. The minimum atomic E-state index is -0.369. The molecule has 1 aromatic carbocycles. The molecule has 98 valence electrons. The van der Waals surface area contributed by atoms with Crippen molar-refractivity contribution in [2.45, 2.75) is 13.8 Å². The van der Waals surface area contributed by atoms with Crippen LogP contribution in [-0.2, 0) is 4.79 Å². The van der Waals surface area contributed by atoms with Gasteiger partial charge in [-0.1, -0.05) is 6.07 Å². The highest BCUT2D eigenvalue weighted by Gasteiger charge is 2.12. The lowest BCUT2D eigenvalue weighted by Gasteiger charge is -2.18. The van der Waals surface area contributed by atoms with Crippen LogP contribution in [0.1, 0.15) is 24.2 Å². The molecule has 0 unspecified atom stereocenters. The Balaban J connectivity index is 2.54. The van der Waals surface area contributed by atoms with Crippen LogP contribution in [0.4, 0.5) is 0 Å². The molecule has 5 nitrogen and oxygen atoms in total. The summed E-state index contributed by atoms with van der Waals surface area (Å²) in [5.41, 5.74) is 0.336. The van der Waals surface area contributed by atoms with Crippen molar-refractivity contribution in [3.05, 3.63) is 29.8 Å². The van der Waals surface area contributed by atoms with Gasteiger partial charge in [-0.25, -0.2) is 0 Å². The first-order valence-electron chi connectivity index (χ1n) is 5.93. The standard InChI is InChI=1S/C13H18N2O3/c1-3-15(4-2)12(17)9-14-13(18)10-6-5-7-11(16)8-10/h5-8,16H,3-4,9H2,1-2H3,(H,14,18). The van der Waals surface area contributed by atoms with Crippen LogP contribution in [0, 0.1) is 0 Å². The van der Waals surface area contributed by atoms with E-state index in [1.54, 1.807) is 17.0 Å². The van der Waals surface area contributed by atoms with Crippen molar-refractivity contribution in [1.82, 2.24) is 10.2 Å². The third-order valence-corrected chi connectivity index (χ3v) is 2.62. The summed E-state index contributed by atoms with van der Waals surface area (Å²) in [5, 5.41) is 11.8. The van der Waals surface area contributed by atoms with E-state index in [9.17, 15) is 14.7 Å². The Morgan fingerprint density at radius 3 is 2.50 bits per heavy atom. The number of nitrogens with one attached hydrogen (secondary N) is 1. The third kappa shape index (κ3) is 3.76. The van der Waals surface area contributed by atoms with Crippen molar-refractivity contribution in [3.8, 4) is 5.75 Å². The third-order valence-electron chi connectivity index (χ3n) is 2.62. The van der Waals surface area contributed by atoms with Crippen molar-refractivity contribution >= 4 is 11.8 Å². The van der Waals surface area contributed by atoms with E-state index in [1.807, 2.05) is 13.8 Å². The van der Waals surface area contributed by atoms with Crippen LogP contribution in [0.15, 0.2) is 24.3 Å². The van der Waals surface area contributed by atoms with Crippen molar-refractivity contribution in [1.29, 1.82) is 0 Å². The molecule has 0 bridgehead atoms. The molecular formula is C13H18N2O3. The Bertz CT molecular complexity index is 428. The Morgan fingerprint density at radius 1 is 1.28 bits per heavy atom. The molecule has 0 spiro atoms. The highest BCUT2D eigenvalue weighted by atomic mass is 16.3. The highest BCUT2D eigenvalue weighted by Crippen LogP contribution is 2.10. The van der Waals surface area contributed by atoms with E-state index in [4.69, 9.17) is 0 Å². The fourth-order valence-corrected chi connectivity index (χ4v) is 1.59. The van der Waals surface area contributed by atoms with Gasteiger partial charge in [0.25, 0.3) is 5.91 Å². The van der Waals surface area contributed by atoms with Crippen LogP contribution in [0.3, 0.4) is 0 Å². The minimum absolute atomic E-state index is 0.0257. The normalized spacial score (nSPS) is 9.89. The summed E-state index contributed by atoms with van der Waals surface area (Å²) in [7, 11) is 0. The van der Waals surface area contributed by atoms with E-state index in [2.05, 4.69) is 5.32 Å². The smallest absolute Gasteiger partial charge is 0.251 e. The number of benzene rings is 1. The Hall–Kier alpha value is -2.04. The van der Waals surface area contributed by atoms with E-state index in [-0.39, 0.29) is 24.1 Å². The van der Waals surface area contributed by atoms with Gasteiger partial charge < -0.3 is 15.3 Å². The molecule has 18 heavy (non-hydrogen) atoms. The second kappa shape index (κ2) is 6.64. The van der Waals surface area contributed by atoms with Crippen molar-refractivity contribution in [3.63, 3.8) is 0 Å². The zero-order valence-electron chi connectivity index (χ0n) is 10.6. The Kier molecular flexibility index (Phi) is 5.17. The van der Waals surface area contributed by atoms with Crippen LogP contribution >= 0.6 is 0 Å². The van der Waals surface area contributed by atoms with E-state index in [0.717, 1.165) is 0 Å². The predicted octanol–water partition coefficient (Wildman–Crippen LogP) is 0.990. The number of carbonyl (C=O) groups excluding carboxylic acids is 2. The van der Waals surface area contributed by atoms with E-state index in [1.165, 1.54) is 12.1 Å². The fourth-order valence-electron chi connectivity index (χ4n) is 1.59. The average Bonchev–Trinajstić information content (AvgIpc) is 2.37. The first-order valence-corrected chi connectivity index (χ1v) is 5.93. The monoisotopic (exact) mass is 250 g/mol. The summed E-state index contributed by atoms with van der Waals surface area (Å²) in [5.74, 6) is -0.461. The second-order valence-electron chi connectivity index (χ2n) is 3.80. The van der Waals surface area contributed by atoms with Crippen LogP contribution in [0.5, 0.6) is 5.75 Å². The van der Waals surface area contributed by atoms with Gasteiger partial charge in [0, 0.05) is 18.7 Å². The minimum Gasteiger partial charge on any atom is -0.508 e. The van der Waals surface area contributed by atoms with Gasteiger partial charge in [0.15, 0.2) is 0 Å². The van der Waals surface area contributed by atoms with Gasteiger partial charge in [0.2, 0.25) is 5.91 Å². The molecule has 0 atom stereocenters. The number of likely N-dealkylation sites (N-methyl/N-ethyl adjacent to an activating group) is 1. The number of aromatic hydroxyl groups is 1. The molecule has 1 rings (SSSR count). The summed E-state index contributed by atoms with van der Waals surface area (Å²) in [4.78, 5) is 25.0. The molecule has 2 N–H and O–H groups in total.